The molecule has 96 valence electrons. The summed E-state index contributed by atoms with van der Waals surface area (Å²) in [6, 6.07) is 2.71. The second-order valence-corrected chi connectivity index (χ2v) is 4.91. The normalized spacial score (nSPS) is 25.1. The summed E-state index contributed by atoms with van der Waals surface area (Å²) in [5.74, 6) is 0. The van der Waals surface area contributed by atoms with E-state index in [0.29, 0.717) is 12.1 Å². The van der Waals surface area contributed by atoms with Crippen LogP contribution < -0.4 is 5.32 Å². The van der Waals surface area contributed by atoms with Crippen LogP contribution in [0.25, 0.3) is 0 Å². The van der Waals surface area contributed by atoms with E-state index in [1.54, 1.807) is 0 Å². The molecule has 4 heteroatoms. The van der Waals surface area contributed by atoms with Gasteiger partial charge < -0.3 is 10.1 Å². The van der Waals surface area contributed by atoms with Crippen molar-refractivity contribution in [2.24, 2.45) is 7.05 Å². The predicted molar refractivity (Wildman–Crippen MR) is 68.0 cm³/mol. The van der Waals surface area contributed by atoms with E-state index in [0.717, 1.165) is 19.4 Å². The molecule has 0 aromatic carbocycles. The van der Waals surface area contributed by atoms with Gasteiger partial charge in [0.2, 0.25) is 0 Å². The van der Waals surface area contributed by atoms with Crippen molar-refractivity contribution in [3.05, 3.63) is 18.0 Å². The lowest BCUT2D eigenvalue weighted by Gasteiger charge is -2.28. The minimum absolute atomic E-state index is 0.455. The smallest absolute Gasteiger partial charge is 0.0637 e. The van der Waals surface area contributed by atoms with E-state index < -0.39 is 0 Å². The molecule has 4 nitrogen and oxygen atoms in total. The van der Waals surface area contributed by atoms with Crippen LogP contribution in [-0.2, 0) is 18.2 Å². The van der Waals surface area contributed by atoms with Crippen molar-refractivity contribution in [3.63, 3.8) is 0 Å². The molecule has 0 radical (unpaired) electrons. The Morgan fingerprint density at radius 1 is 1.53 bits per heavy atom. The quantitative estimate of drug-likeness (QED) is 0.843. The average Bonchev–Trinajstić information content (AvgIpc) is 2.75. The first kappa shape index (κ1) is 12.6. The first-order valence-electron chi connectivity index (χ1n) is 6.52. The molecule has 1 fully saturated rings. The van der Waals surface area contributed by atoms with Crippen LogP contribution >= 0.6 is 0 Å². The van der Waals surface area contributed by atoms with Crippen LogP contribution in [0.4, 0.5) is 0 Å². The first-order chi connectivity index (χ1) is 8.28. The molecule has 2 unspecified atom stereocenters. The highest BCUT2D eigenvalue weighted by Crippen LogP contribution is 2.20. The van der Waals surface area contributed by atoms with E-state index in [-0.39, 0.29) is 0 Å². The zero-order valence-electron chi connectivity index (χ0n) is 10.9. The molecule has 0 saturated heterocycles. The van der Waals surface area contributed by atoms with Gasteiger partial charge in [-0.15, -0.1) is 0 Å². The Morgan fingerprint density at radius 2 is 2.41 bits per heavy atom. The van der Waals surface area contributed by atoms with E-state index in [1.807, 2.05) is 25.0 Å². The third kappa shape index (κ3) is 3.82. The summed E-state index contributed by atoms with van der Waals surface area (Å²) in [5, 5.41) is 7.99. The fourth-order valence-electron chi connectivity index (χ4n) is 2.55. The minimum atomic E-state index is 0.455. The topological polar surface area (TPSA) is 39.1 Å². The highest BCUT2D eigenvalue weighted by Gasteiger charge is 2.20. The predicted octanol–water partition coefficient (Wildman–Crippen LogP) is 1.51. The second kappa shape index (κ2) is 6.17. The van der Waals surface area contributed by atoms with Crippen molar-refractivity contribution >= 4 is 0 Å². The Balaban J connectivity index is 1.68. The number of nitrogens with zero attached hydrogens (tertiary/aromatic N) is 2. The van der Waals surface area contributed by atoms with Crippen molar-refractivity contribution in [2.45, 2.75) is 44.2 Å². The Hall–Kier alpha value is -0.870. The van der Waals surface area contributed by atoms with Crippen molar-refractivity contribution < 1.29 is 4.74 Å². The van der Waals surface area contributed by atoms with Crippen LogP contribution in [0, 0.1) is 0 Å². The van der Waals surface area contributed by atoms with Gasteiger partial charge in [0.05, 0.1) is 11.8 Å². The minimum Gasteiger partial charge on any atom is -0.381 e. The number of methoxy groups -OCH3 is 1. The molecule has 1 N–H and O–H groups in total. The number of aryl methyl sites for hydroxylation is 1. The summed E-state index contributed by atoms with van der Waals surface area (Å²) in [6.07, 6.45) is 8.39. The lowest BCUT2D eigenvalue weighted by molar-refractivity contribution is 0.0590. The van der Waals surface area contributed by atoms with Gasteiger partial charge in [0.15, 0.2) is 0 Å². The molecule has 1 saturated carbocycles. The molecule has 1 heterocycles. The van der Waals surface area contributed by atoms with Crippen LogP contribution in [-0.4, -0.2) is 35.6 Å². The van der Waals surface area contributed by atoms with E-state index in [2.05, 4.69) is 16.5 Å². The Labute approximate surface area is 103 Å². The zero-order valence-corrected chi connectivity index (χ0v) is 10.9. The van der Waals surface area contributed by atoms with Gasteiger partial charge in [-0.05, 0) is 31.7 Å². The summed E-state index contributed by atoms with van der Waals surface area (Å²) < 4.78 is 7.29. The van der Waals surface area contributed by atoms with Gasteiger partial charge in [0.25, 0.3) is 0 Å². The molecule has 0 aliphatic heterocycles. The fraction of sp³-hybridized carbons (Fsp3) is 0.769. The number of hydrogen-bond acceptors (Lipinski definition) is 3. The molecule has 1 aliphatic rings. The van der Waals surface area contributed by atoms with Crippen LogP contribution in [0.3, 0.4) is 0 Å². The molecule has 0 bridgehead atoms. The lowest BCUT2D eigenvalue weighted by atomic mass is 9.93. The molecule has 2 rings (SSSR count). The van der Waals surface area contributed by atoms with Gasteiger partial charge in [0.1, 0.15) is 0 Å². The summed E-state index contributed by atoms with van der Waals surface area (Å²) >= 11 is 0. The van der Waals surface area contributed by atoms with Crippen molar-refractivity contribution in [1.29, 1.82) is 0 Å². The monoisotopic (exact) mass is 237 g/mol. The van der Waals surface area contributed by atoms with Crippen LogP contribution in [0.1, 0.15) is 31.4 Å². The van der Waals surface area contributed by atoms with Crippen LogP contribution in [0.5, 0.6) is 0 Å². The van der Waals surface area contributed by atoms with Gasteiger partial charge in [-0.1, -0.05) is 0 Å². The van der Waals surface area contributed by atoms with E-state index in [9.17, 15) is 0 Å². The summed E-state index contributed by atoms with van der Waals surface area (Å²) in [7, 11) is 3.78. The Morgan fingerprint density at radius 3 is 3.12 bits per heavy atom. The molecule has 0 amide bonds. The molecule has 0 spiro atoms. The number of nitrogens with one attached hydrogen (secondary N) is 1. The molecule has 1 aromatic rings. The van der Waals surface area contributed by atoms with Crippen molar-refractivity contribution in [1.82, 2.24) is 15.1 Å². The van der Waals surface area contributed by atoms with Gasteiger partial charge in [-0.3, -0.25) is 4.68 Å². The molecule has 17 heavy (non-hydrogen) atoms. The van der Waals surface area contributed by atoms with Crippen molar-refractivity contribution in [2.75, 3.05) is 13.7 Å². The third-order valence-electron chi connectivity index (χ3n) is 3.54. The maximum absolute atomic E-state index is 5.43. The fourth-order valence-corrected chi connectivity index (χ4v) is 2.55. The van der Waals surface area contributed by atoms with Crippen LogP contribution in [0.15, 0.2) is 12.3 Å². The highest BCUT2D eigenvalue weighted by atomic mass is 16.5. The van der Waals surface area contributed by atoms with E-state index in [1.165, 1.54) is 25.0 Å². The molecule has 1 aliphatic carbocycles. The highest BCUT2D eigenvalue weighted by molar-refractivity contribution is 4.99. The number of ether oxygens (including phenoxy) is 1. The standard InChI is InChI=1S/C13H23N3O/c1-16-9-7-11(15-16)6-8-14-12-4-3-5-13(10-12)17-2/h7,9,12-14H,3-6,8,10H2,1-2H3. The van der Waals surface area contributed by atoms with Gasteiger partial charge in [-0.25, -0.2) is 0 Å². The number of hydrogen-bond donors (Lipinski definition) is 1. The first-order valence-corrected chi connectivity index (χ1v) is 6.52. The molecule has 2 atom stereocenters. The van der Waals surface area contributed by atoms with Gasteiger partial charge in [-0.2, -0.15) is 5.10 Å². The number of rotatable bonds is 5. The average molecular weight is 237 g/mol. The van der Waals surface area contributed by atoms with Crippen molar-refractivity contribution in [3.8, 4) is 0 Å². The maximum Gasteiger partial charge on any atom is 0.0637 e. The Kier molecular flexibility index (Phi) is 4.57. The zero-order chi connectivity index (χ0) is 12.1. The Bertz CT molecular complexity index is 337. The lowest BCUT2D eigenvalue weighted by Crippen LogP contribution is -2.37. The molecule has 1 aromatic heterocycles. The largest absolute Gasteiger partial charge is 0.381 e. The van der Waals surface area contributed by atoms with E-state index in [4.69, 9.17) is 4.74 Å². The maximum atomic E-state index is 5.43. The second-order valence-electron chi connectivity index (χ2n) is 4.91. The summed E-state index contributed by atoms with van der Waals surface area (Å²) in [4.78, 5) is 0. The summed E-state index contributed by atoms with van der Waals surface area (Å²) in [6.45, 7) is 1.01. The third-order valence-corrected chi connectivity index (χ3v) is 3.54. The number of aromatic nitrogens is 2. The SMILES string of the molecule is COC1CCCC(NCCc2ccn(C)n2)C1. The van der Waals surface area contributed by atoms with Gasteiger partial charge in [0, 0.05) is 39.4 Å². The molecular weight excluding hydrogens is 214 g/mol. The molecular formula is C13H23N3O. The summed E-state index contributed by atoms with van der Waals surface area (Å²) in [5.41, 5.74) is 1.17. The van der Waals surface area contributed by atoms with Crippen LogP contribution in [0.2, 0.25) is 0 Å². The van der Waals surface area contributed by atoms with Gasteiger partial charge >= 0.3 is 0 Å². The van der Waals surface area contributed by atoms with E-state index >= 15 is 0 Å².